The molecule has 3 heteroatoms. The molecule has 0 spiro atoms. The summed E-state index contributed by atoms with van der Waals surface area (Å²) in [5, 5.41) is 0. The van der Waals surface area contributed by atoms with Gasteiger partial charge in [0, 0.05) is 32.5 Å². The number of ketones is 1. The number of methoxy groups -OCH3 is 1. The van der Waals surface area contributed by atoms with Crippen LogP contribution in [0.5, 0.6) is 0 Å². The second-order valence-electron chi connectivity index (χ2n) is 6.21. The smallest absolute Gasteiger partial charge is 0.137 e. The lowest BCUT2D eigenvalue weighted by Gasteiger charge is -2.33. The summed E-state index contributed by atoms with van der Waals surface area (Å²) in [5.41, 5.74) is 0. The van der Waals surface area contributed by atoms with Gasteiger partial charge in [0.15, 0.2) is 0 Å². The predicted molar refractivity (Wildman–Crippen MR) is 74.6 cm³/mol. The molecule has 0 radical (unpaired) electrons. The van der Waals surface area contributed by atoms with E-state index in [2.05, 4.69) is 32.7 Å². The van der Waals surface area contributed by atoms with Gasteiger partial charge in [0.05, 0.1) is 6.10 Å². The molecule has 0 aromatic heterocycles. The van der Waals surface area contributed by atoms with Gasteiger partial charge >= 0.3 is 0 Å². The summed E-state index contributed by atoms with van der Waals surface area (Å²) in [6, 6.07) is 0. The third-order valence-electron chi connectivity index (χ3n) is 4.25. The van der Waals surface area contributed by atoms with Crippen molar-refractivity contribution in [1.82, 2.24) is 4.90 Å². The van der Waals surface area contributed by atoms with Crippen molar-refractivity contribution < 1.29 is 9.53 Å². The average molecular weight is 255 g/mol. The number of hydrogen-bond donors (Lipinski definition) is 0. The number of likely N-dealkylation sites (N-methyl/N-ethyl adjacent to an activating group) is 1. The Morgan fingerprint density at radius 1 is 1.39 bits per heavy atom. The summed E-state index contributed by atoms with van der Waals surface area (Å²) >= 11 is 0. The highest BCUT2D eigenvalue weighted by atomic mass is 16.5. The molecule has 0 bridgehead atoms. The van der Waals surface area contributed by atoms with E-state index < -0.39 is 0 Å². The quantitative estimate of drug-likeness (QED) is 0.730. The van der Waals surface area contributed by atoms with Gasteiger partial charge in [-0.1, -0.05) is 13.8 Å². The topological polar surface area (TPSA) is 29.5 Å². The van der Waals surface area contributed by atoms with E-state index in [1.54, 1.807) is 7.11 Å². The molecule has 106 valence electrons. The fourth-order valence-corrected chi connectivity index (χ4v) is 2.89. The first-order valence-electron chi connectivity index (χ1n) is 7.18. The Hall–Kier alpha value is -0.410. The summed E-state index contributed by atoms with van der Waals surface area (Å²) in [4.78, 5) is 14.2. The zero-order valence-corrected chi connectivity index (χ0v) is 12.6. The van der Waals surface area contributed by atoms with Gasteiger partial charge in [-0.15, -0.1) is 0 Å². The minimum absolute atomic E-state index is 0.231. The zero-order valence-electron chi connectivity index (χ0n) is 12.6. The molecule has 0 saturated heterocycles. The van der Waals surface area contributed by atoms with E-state index in [4.69, 9.17) is 4.74 Å². The van der Waals surface area contributed by atoms with E-state index in [1.165, 1.54) is 0 Å². The van der Waals surface area contributed by atoms with Crippen LogP contribution >= 0.6 is 0 Å². The van der Waals surface area contributed by atoms with Crippen LogP contribution in [0.1, 0.15) is 40.0 Å². The Morgan fingerprint density at radius 3 is 2.61 bits per heavy atom. The molecule has 1 aliphatic rings. The Kier molecular flexibility index (Phi) is 6.30. The molecule has 3 atom stereocenters. The number of Topliss-reactive ketones (excluding diaryl/α,β-unsaturated/α-hetero) is 1. The Bertz CT molecular complexity index is 265. The second-order valence-corrected chi connectivity index (χ2v) is 6.21. The minimum atomic E-state index is 0.231. The molecule has 0 heterocycles. The molecule has 1 rings (SSSR count). The molecular formula is C15H29NO2. The molecule has 1 aliphatic carbocycles. The molecular weight excluding hydrogens is 226 g/mol. The monoisotopic (exact) mass is 255 g/mol. The number of carbonyl (C=O) groups is 1. The number of hydrogen-bond acceptors (Lipinski definition) is 3. The molecule has 1 fully saturated rings. The van der Waals surface area contributed by atoms with E-state index in [1.807, 2.05) is 0 Å². The van der Waals surface area contributed by atoms with E-state index in [9.17, 15) is 4.79 Å². The highest BCUT2D eigenvalue weighted by molar-refractivity contribution is 5.81. The van der Waals surface area contributed by atoms with Crippen LogP contribution in [0.3, 0.4) is 0 Å². The van der Waals surface area contributed by atoms with Crippen molar-refractivity contribution in [3.05, 3.63) is 0 Å². The van der Waals surface area contributed by atoms with Crippen molar-refractivity contribution in [2.75, 3.05) is 27.2 Å². The maximum Gasteiger partial charge on any atom is 0.137 e. The van der Waals surface area contributed by atoms with E-state index >= 15 is 0 Å². The Labute approximate surface area is 112 Å². The second kappa shape index (κ2) is 7.25. The van der Waals surface area contributed by atoms with Crippen LogP contribution in [0.4, 0.5) is 0 Å². The van der Waals surface area contributed by atoms with Crippen molar-refractivity contribution in [3.63, 3.8) is 0 Å². The van der Waals surface area contributed by atoms with Gasteiger partial charge in [0.2, 0.25) is 0 Å². The maximum atomic E-state index is 12.0. The first kappa shape index (κ1) is 15.6. The van der Waals surface area contributed by atoms with E-state index in [0.29, 0.717) is 11.7 Å². The summed E-state index contributed by atoms with van der Waals surface area (Å²) in [5.74, 6) is 2.12. The number of ether oxygens (including phenoxy) is 1. The summed E-state index contributed by atoms with van der Waals surface area (Å²) in [6.45, 7) is 8.39. The summed E-state index contributed by atoms with van der Waals surface area (Å²) in [6.07, 6.45) is 3.17. The largest absolute Gasteiger partial charge is 0.380 e. The molecule has 18 heavy (non-hydrogen) atoms. The molecule has 0 amide bonds. The van der Waals surface area contributed by atoms with Gasteiger partial charge in [-0.3, -0.25) is 4.79 Å². The SMILES string of the molecule is COC(C)CN(C)CC1CC(C(C)C)CCC1=O. The Balaban J connectivity index is 2.45. The van der Waals surface area contributed by atoms with Crippen molar-refractivity contribution in [3.8, 4) is 0 Å². The minimum Gasteiger partial charge on any atom is -0.380 e. The molecule has 3 nitrogen and oxygen atoms in total. The lowest BCUT2D eigenvalue weighted by atomic mass is 9.75. The normalized spacial score (nSPS) is 26.9. The molecule has 0 N–H and O–H groups in total. The van der Waals surface area contributed by atoms with Gasteiger partial charge in [-0.05, 0) is 38.6 Å². The van der Waals surface area contributed by atoms with Crippen molar-refractivity contribution >= 4 is 5.78 Å². The van der Waals surface area contributed by atoms with Crippen LogP contribution in [0.15, 0.2) is 0 Å². The first-order chi connectivity index (χ1) is 8.43. The van der Waals surface area contributed by atoms with E-state index in [-0.39, 0.29) is 12.0 Å². The summed E-state index contributed by atoms with van der Waals surface area (Å²) in [7, 11) is 3.82. The summed E-state index contributed by atoms with van der Waals surface area (Å²) < 4.78 is 5.27. The van der Waals surface area contributed by atoms with Gasteiger partial charge in [0.1, 0.15) is 5.78 Å². The molecule has 3 unspecified atom stereocenters. The van der Waals surface area contributed by atoms with Crippen LogP contribution in [0.2, 0.25) is 0 Å². The van der Waals surface area contributed by atoms with Crippen LogP contribution in [-0.2, 0) is 9.53 Å². The fraction of sp³-hybridized carbons (Fsp3) is 0.933. The van der Waals surface area contributed by atoms with Crippen molar-refractivity contribution in [2.45, 2.75) is 46.1 Å². The number of nitrogens with zero attached hydrogens (tertiary/aromatic N) is 1. The highest BCUT2D eigenvalue weighted by Crippen LogP contribution is 2.32. The number of rotatable bonds is 6. The van der Waals surface area contributed by atoms with Crippen molar-refractivity contribution in [1.29, 1.82) is 0 Å². The molecule has 0 aromatic rings. The van der Waals surface area contributed by atoms with E-state index in [0.717, 1.165) is 38.3 Å². The average Bonchev–Trinajstić information content (AvgIpc) is 2.31. The third kappa shape index (κ3) is 4.69. The molecule has 0 aromatic carbocycles. The van der Waals surface area contributed by atoms with Gasteiger partial charge in [0.25, 0.3) is 0 Å². The van der Waals surface area contributed by atoms with Gasteiger partial charge in [-0.25, -0.2) is 0 Å². The van der Waals surface area contributed by atoms with Gasteiger partial charge in [-0.2, -0.15) is 0 Å². The van der Waals surface area contributed by atoms with Gasteiger partial charge < -0.3 is 9.64 Å². The zero-order chi connectivity index (χ0) is 13.7. The lowest BCUT2D eigenvalue weighted by molar-refractivity contribution is -0.126. The Morgan fingerprint density at radius 2 is 2.06 bits per heavy atom. The standard InChI is InChI=1S/C15H29NO2/c1-11(2)13-6-7-15(17)14(8-13)10-16(4)9-12(3)18-5/h11-14H,6-10H2,1-5H3. The highest BCUT2D eigenvalue weighted by Gasteiger charge is 2.30. The number of carbonyl (C=O) groups excluding carboxylic acids is 1. The van der Waals surface area contributed by atoms with Crippen molar-refractivity contribution in [2.24, 2.45) is 17.8 Å². The third-order valence-corrected chi connectivity index (χ3v) is 4.25. The molecule has 0 aliphatic heterocycles. The predicted octanol–water partition coefficient (Wildman–Crippen LogP) is 2.59. The fourth-order valence-electron chi connectivity index (χ4n) is 2.89. The van der Waals surface area contributed by atoms with Crippen LogP contribution in [-0.4, -0.2) is 44.0 Å². The van der Waals surface area contributed by atoms with Crippen LogP contribution in [0, 0.1) is 17.8 Å². The first-order valence-corrected chi connectivity index (χ1v) is 7.18. The van der Waals surface area contributed by atoms with Crippen LogP contribution < -0.4 is 0 Å². The lowest BCUT2D eigenvalue weighted by Crippen LogP contribution is -2.38. The molecule has 1 saturated carbocycles. The maximum absolute atomic E-state index is 12.0. The van der Waals surface area contributed by atoms with Crippen LogP contribution in [0.25, 0.3) is 0 Å².